The van der Waals surface area contributed by atoms with Crippen molar-refractivity contribution in [3.05, 3.63) is 71.9 Å². The molecule has 1 aromatic heterocycles. The maximum absolute atomic E-state index is 4.76. The van der Waals surface area contributed by atoms with E-state index in [0.29, 0.717) is 6.54 Å². The van der Waals surface area contributed by atoms with Crippen LogP contribution in [0.1, 0.15) is 17.7 Å². The van der Waals surface area contributed by atoms with Crippen LogP contribution in [-0.4, -0.2) is 47.1 Å². The number of benzene rings is 2. The van der Waals surface area contributed by atoms with Crippen molar-refractivity contribution < 1.29 is 0 Å². The molecular formula is C21H27N5. The number of hydrogen-bond donors (Lipinski definition) is 1. The van der Waals surface area contributed by atoms with Crippen LogP contribution in [0.5, 0.6) is 0 Å². The largest absolute Gasteiger partial charge is 0.311 e. The van der Waals surface area contributed by atoms with Crippen LogP contribution in [0.25, 0.3) is 11.3 Å². The molecule has 5 nitrogen and oxygen atoms in total. The second-order valence-electron chi connectivity index (χ2n) is 6.71. The van der Waals surface area contributed by atoms with Crippen molar-refractivity contribution in [3.63, 3.8) is 0 Å². The summed E-state index contributed by atoms with van der Waals surface area (Å²) in [6.45, 7) is 3.46. The van der Waals surface area contributed by atoms with Crippen LogP contribution >= 0.6 is 0 Å². The number of aromatic nitrogens is 3. The molecule has 2 aromatic carbocycles. The predicted molar refractivity (Wildman–Crippen MR) is 106 cm³/mol. The lowest BCUT2D eigenvalue weighted by Crippen LogP contribution is -2.21. The molecule has 0 bridgehead atoms. The van der Waals surface area contributed by atoms with Gasteiger partial charge in [0.1, 0.15) is 11.4 Å². The molecule has 26 heavy (non-hydrogen) atoms. The van der Waals surface area contributed by atoms with E-state index in [0.717, 1.165) is 43.0 Å². The molecule has 3 rings (SSSR count). The Kier molecular flexibility index (Phi) is 6.52. The highest BCUT2D eigenvalue weighted by Crippen LogP contribution is 2.20. The van der Waals surface area contributed by atoms with E-state index in [-0.39, 0.29) is 0 Å². The quantitative estimate of drug-likeness (QED) is 0.603. The Morgan fingerprint density at radius 1 is 0.923 bits per heavy atom. The molecule has 5 heteroatoms. The molecule has 0 atom stereocenters. The maximum atomic E-state index is 4.76. The van der Waals surface area contributed by atoms with Crippen molar-refractivity contribution in [2.75, 3.05) is 27.2 Å². The molecule has 0 aliphatic rings. The van der Waals surface area contributed by atoms with Gasteiger partial charge in [0.05, 0.1) is 6.54 Å². The monoisotopic (exact) mass is 349 g/mol. The molecule has 0 fully saturated rings. The molecule has 0 radical (unpaired) electrons. The average molecular weight is 349 g/mol. The molecule has 1 N–H and O–H groups in total. The molecule has 136 valence electrons. The molecule has 0 saturated heterocycles. The van der Waals surface area contributed by atoms with E-state index in [9.17, 15) is 0 Å². The summed E-state index contributed by atoms with van der Waals surface area (Å²) in [5.41, 5.74) is 4.27. The Bertz CT molecular complexity index is 781. The minimum absolute atomic E-state index is 0.682. The summed E-state index contributed by atoms with van der Waals surface area (Å²) in [6.07, 6.45) is 1.12. The van der Waals surface area contributed by atoms with E-state index in [2.05, 4.69) is 48.6 Å². The van der Waals surface area contributed by atoms with Gasteiger partial charge in [-0.25, -0.2) is 0 Å². The van der Waals surface area contributed by atoms with E-state index in [4.69, 9.17) is 10.2 Å². The summed E-state index contributed by atoms with van der Waals surface area (Å²) in [4.78, 5) is 4.00. The number of nitrogens with zero attached hydrogens (tertiary/aromatic N) is 4. The van der Waals surface area contributed by atoms with Gasteiger partial charge in [-0.05, 0) is 39.2 Å². The molecule has 1 heterocycles. The fraction of sp³-hybridized carbons (Fsp3) is 0.333. The second-order valence-corrected chi connectivity index (χ2v) is 6.71. The molecular weight excluding hydrogens is 322 g/mol. The van der Waals surface area contributed by atoms with Crippen molar-refractivity contribution >= 4 is 0 Å². The molecule has 0 spiro atoms. The Morgan fingerprint density at radius 2 is 1.62 bits per heavy atom. The fourth-order valence-corrected chi connectivity index (χ4v) is 2.87. The fourth-order valence-electron chi connectivity index (χ4n) is 2.87. The lowest BCUT2D eigenvalue weighted by molar-refractivity contribution is 0.394. The first-order chi connectivity index (χ1) is 12.7. The van der Waals surface area contributed by atoms with Crippen molar-refractivity contribution in [1.82, 2.24) is 25.2 Å². The zero-order valence-electron chi connectivity index (χ0n) is 15.6. The Hall–Kier alpha value is -2.50. The molecule has 3 aromatic rings. The average Bonchev–Trinajstić information content (AvgIpc) is 3.05. The summed E-state index contributed by atoms with van der Waals surface area (Å²) in [6, 6.07) is 20.6. The van der Waals surface area contributed by atoms with Gasteiger partial charge in [-0.3, -0.25) is 0 Å². The van der Waals surface area contributed by atoms with Crippen LogP contribution in [0.15, 0.2) is 60.7 Å². The molecule has 0 saturated carbocycles. The van der Waals surface area contributed by atoms with E-state index in [1.165, 1.54) is 5.56 Å². The summed E-state index contributed by atoms with van der Waals surface area (Å²) < 4.78 is 0. The highest BCUT2D eigenvalue weighted by molar-refractivity contribution is 5.60. The van der Waals surface area contributed by atoms with E-state index >= 15 is 0 Å². The summed E-state index contributed by atoms with van der Waals surface area (Å²) >= 11 is 0. The molecule has 0 aliphatic carbocycles. The lowest BCUT2D eigenvalue weighted by atomic mass is 10.1. The standard InChI is InChI=1S/C21H27N5/c1-25(2)15-9-14-22-16-20-21(19-12-7-4-8-13-19)24-26(23-20)17-18-10-5-3-6-11-18/h3-8,10-13,22H,9,14-17H2,1-2H3. The first-order valence-electron chi connectivity index (χ1n) is 9.11. The third kappa shape index (κ3) is 5.25. The maximum Gasteiger partial charge on any atom is 0.117 e. The van der Waals surface area contributed by atoms with E-state index < -0.39 is 0 Å². The predicted octanol–water partition coefficient (Wildman–Crippen LogP) is 3.03. The van der Waals surface area contributed by atoms with Gasteiger partial charge in [0, 0.05) is 12.1 Å². The normalized spacial score (nSPS) is 11.2. The summed E-state index contributed by atoms with van der Waals surface area (Å²) in [5.74, 6) is 0. The third-order valence-corrected chi connectivity index (χ3v) is 4.19. The molecule has 0 unspecified atom stereocenters. The molecule has 0 aliphatic heterocycles. The third-order valence-electron chi connectivity index (χ3n) is 4.19. The summed E-state index contributed by atoms with van der Waals surface area (Å²) in [7, 11) is 4.20. The molecule has 0 amide bonds. The first kappa shape index (κ1) is 18.3. The van der Waals surface area contributed by atoms with Gasteiger partial charge in [0.15, 0.2) is 0 Å². The van der Waals surface area contributed by atoms with Crippen molar-refractivity contribution in [1.29, 1.82) is 0 Å². The van der Waals surface area contributed by atoms with Crippen LogP contribution in [0.4, 0.5) is 0 Å². The van der Waals surface area contributed by atoms with Crippen molar-refractivity contribution in [3.8, 4) is 11.3 Å². The van der Waals surface area contributed by atoms with Crippen LogP contribution < -0.4 is 5.32 Å². The SMILES string of the molecule is CN(C)CCCNCc1nn(Cc2ccccc2)nc1-c1ccccc1. The van der Waals surface area contributed by atoms with Crippen LogP contribution in [0.2, 0.25) is 0 Å². The highest BCUT2D eigenvalue weighted by Gasteiger charge is 2.13. The highest BCUT2D eigenvalue weighted by atomic mass is 15.5. The Morgan fingerprint density at radius 3 is 2.31 bits per heavy atom. The first-order valence-corrected chi connectivity index (χ1v) is 9.11. The van der Waals surface area contributed by atoms with Gasteiger partial charge < -0.3 is 10.2 Å². The van der Waals surface area contributed by atoms with Gasteiger partial charge in [-0.15, -0.1) is 0 Å². The second kappa shape index (κ2) is 9.27. The van der Waals surface area contributed by atoms with Crippen LogP contribution in [-0.2, 0) is 13.1 Å². The van der Waals surface area contributed by atoms with Crippen molar-refractivity contribution in [2.45, 2.75) is 19.5 Å². The minimum atomic E-state index is 0.682. The topological polar surface area (TPSA) is 46.0 Å². The van der Waals surface area contributed by atoms with Gasteiger partial charge in [0.25, 0.3) is 0 Å². The van der Waals surface area contributed by atoms with Gasteiger partial charge in [0.2, 0.25) is 0 Å². The number of nitrogens with one attached hydrogen (secondary N) is 1. The Balaban J connectivity index is 1.73. The number of hydrogen-bond acceptors (Lipinski definition) is 4. The van der Waals surface area contributed by atoms with E-state index in [1.54, 1.807) is 4.80 Å². The van der Waals surface area contributed by atoms with Gasteiger partial charge in [-0.1, -0.05) is 60.7 Å². The smallest absolute Gasteiger partial charge is 0.117 e. The zero-order valence-corrected chi connectivity index (χ0v) is 15.6. The van der Waals surface area contributed by atoms with Gasteiger partial charge >= 0.3 is 0 Å². The van der Waals surface area contributed by atoms with Crippen molar-refractivity contribution in [2.24, 2.45) is 0 Å². The van der Waals surface area contributed by atoms with Crippen LogP contribution in [0.3, 0.4) is 0 Å². The number of rotatable bonds is 9. The zero-order chi connectivity index (χ0) is 18.2. The van der Waals surface area contributed by atoms with Crippen LogP contribution in [0, 0.1) is 0 Å². The minimum Gasteiger partial charge on any atom is -0.311 e. The Labute approximate surface area is 155 Å². The van der Waals surface area contributed by atoms with E-state index in [1.807, 2.05) is 36.4 Å². The van der Waals surface area contributed by atoms with Gasteiger partial charge in [-0.2, -0.15) is 15.0 Å². The lowest BCUT2D eigenvalue weighted by Gasteiger charge is -2.09. The summed E-state index contributed by atoms with van der Waals surface area (Å²) in [5, 5.41) is 13.0.